The summed E-state index contributed by atoms with van der Waals surface area (Å²) in [6, 6.07) is 0. The molecular formula is C10H21P. The Morgan fingerprint density at radius 2 is 1.91 bits per heavy atom. The molecular weight excluding hydrogens is 151 g/mol. The fraction of sp³-hybridized carbons (Fsp3) is 0.800. The maximum atomic E-state index is 3.82. The van der Waals surface area contributed by atoms with Crippen LogP contribution in [0.2, 0.25) is 0 Å². The average molecular weight is 172 g/mol. The van der Waals surface area contributed by atoms with Crippen LogP contribution < -0.4 is 0 Å². The zero-order valence-electron chi connectivity index (χ0n) is 8.30. The first kappa shape index (κ1) is 11.2. The van der Waals surface area contributed by atoms with Gasteiger partial charge in [0.1, 0.15) is 0 Å². The number of hydrogen-bond donors (Lipinski definition) is 0. The molecule has 0 N–H and O–H groups in total. The fourth-order valence-corrected chi connectivity index (χ4v) is 3.45. The summed E-state index contributed by atoms with van der Waals surface area (Å²) >= 11 is 0. The van der Waals surface area contributed by atoms with Gasteiger partial charge in [0.15, 0.2) is 0 Å². The van der Waals surface area contributed by atoms with E-state index in [0.717, 1.165) is 5.66 Å². The molecule has 0 radical (unpaired) electrons. The van der Waals surface area contributed by atoms with Crippen LogP contribution in [-0.2, 0) is 0 Å². The van der Waals surface area contributed by atoms with Crippen molar-refractivity contribution in [2.24, 2.45) is 5.92 Å². The van der Waals surface area contributed by atoms with Gasteiger partial charge in [-0.2, -0.15) is 0 Å². The highest BCUT2D eigenvalue weighted by Crippen LogP contribution is 2.42. The molecule has 0 nitrogen and oxygen atoms in total. The monoisotopic (exact) mass is 172 g/mol. The number of allylic oxidation sites excluding steroid dienone is 1. The fourth-order valence-electron chi connectivity index (χ4n) is 1.15. The van der Waals surface area contributed by atoms with Gasteiger partial charge >= 0.3 is 0 Å². The van der Waals surface area contributed by atoms with Crippen molar-refractivity contribution in [3.8, 4) is 0 Å². The molecule has 66 valence electrons. The summed E-state index contributed by atoms with van der Waals surface area (Å²) in [5.41, 5.74) is 0.886. The molecule has 0 fully saturated rings. The molecule has 0 saturated heterocycles. The Morgan fingerprint density at radius 3 is 2.18 bits per heavy atom. The number of rotatable bonds is 5. The second-order valence-corrected chi connectivity index (χ2v) is 6.60. The Bertz CT molecular complexity index is 107. The van der Waals surface area contributed by atoms with E-state index < -0.39 is 0 Å². The maximum Gasteiger partial charge on any atom is -0.0225 e. The van der Waals surface area contributed by atoms with Crippen LogP contribution >= 0.6 is 7.92 Å². The maximum absolute atomic E-state index is 3.82. The van der Waals surface area contributed by atoms with Crippen molar-refractivity contribution in [1.82, 2.24) is 0 Å². The summed E-state index contributed by atoms with van der Waals surface area (Å²) in [4.78, 5) is 0. The standard InChI is InChI=1S/C10H21P/c1-6-10(5)8-11(7-2)9(3)4/h6,9-10H,1,7-8H2,2-5H3/t10?,11-/m1/s1. The second-order valence-electron chi connectivity index (χ2n) is 3.39. The quantitative estimate of drug-likeness (QED) is 0.438. The molecule has 0 aromatic heterocycles. The Kier molecular flexibility index (Phi) is 5.86. The molecule has 0 aliphatic carbocycles. The summed E-state index contributed by atoms with van der Waals surface area (Å²) in [5, 5.41) is 0. The third-order valence-corrected chi connectivity index (χ3v) is 5.38. The lowest BCUT2D eigenvalue weighted by Gasteiger charge is -2.21. The van der Waals surface area contributed by atoms with Crippen LogP contribution in [0.4, 0.5) is 0 Å². The van der Waals surface area contributed by atoms with E-state index in [2.05, 4.69) is 40.3 Å². The minimum absolute atomic E-state index is 0.266. The van der Waals surface area contributed by atoms with Crippen molar-refractivity contribution in [2.45, 2.75) is 33.4 Å². The summed E-state index contributed by atoms with van der Waals surface area (Å²) in [7, 11) is 0.266. The predicted molar refractivity (Wildman–Crippen MR) is 56.8 cm³/mol. The van der Waals surface area contributed by atoms with E-state index in [0.29, 0.717) is 5.92 Å². The van der Waals surface area contributed by atoms with Crippen LogP contribution in [0.5, 0.6) is 0 Å². The molecule has 0 aromatic carbocycles. The van der Waals surface area contributed by atoms with E-state index >= 15 is 0 Å². The molecule has 0 bridgehead atoms. The van der Waals surface area contributed by atoms with Crippen LogP contribution in [0.25, 0.3) is 0 Å². The van der Waals surface area contributed by atoms with Crippen molar-refractivity contribution in [2.75, 3.05) is 12.3 Å². The van der Waals surface area contributed by atoms with Gasteiger partial charge in [-0.1, -0.05) is 33.8 Å². The predicted octanol–water partition coefficient (Wildman–Crippen LogP) is 3.72. The van der Waals surface area contributed by atoms with Gasteiger partial charge in [0.05, 0.1) is 0 Å². The second kappa shape index (κ2) is 5.77. The topological polar surface area (TPSA) is 0 Å². The first-order valence-electron chi connectivity index (χ1n) is 4.48. The Labute approximate surface area is 72.8 Å². The molecule has 1 unspecified atom stereocenters. The Hall–Kier alpha value is 0.170. The molecule has 0 aliphatic rings. The normalized spacial score (nSPS) is 16.5. The van der Waals surface area contributed by atoms with Gasteiger partial charge in [0, 0.05) is 0 Å². The highest BCUT2D eigenvalue weighted by Gasteiger charge is 2.11. The minimum Gasteiger partial charge on any atom is -0.104 e. The third-order valence-electron chi connectivity index (χ3n) is 2.06. The smallest absolute Gasteiger partial charge is 0.0225 e. The minimum atomic E-state index is 0.266. The van der Waals surface area contributed by atoms with Gasteiger partial charge in [-0.05, 0) is 23.9 Å². The van der Waals surface area contributed by atoms with E-state index in [1.54, 1.807) is 0 Å². The van der Waals surface area contributed by atoms with Gasteiger partial charge in [-0.15, -0.1) is 14.5 Å². The van der Waals surface area contributed by atoms with Gasteiger partial charge in [-0.3, -0.25) is 0 Å². The van der Waals surface area contributed by atoms with Crippen molar-refractivity contribution < 1.29 is 0 Å². The molecule has 0 saturated carbocycles. The molecule has 0 amide bonds. The van der Waals surface area contributed by atoms with Crippen molar-refractivity contribution in [1.29, 1.82) is 0 Å². The summed E-state index contributed by atoms with van der Waals surface area (Å²) in [6.45, 7) is 13.1. The van der Waals surface area contributed by atoms with Crippen LogP contribution in [0.1, 0.15) is 27.7 Å². The van der Waals surface area contributed by atoms with Crippen LogP contribution in [0.3, 0.4) is 0 Å². The molecule has 1 heteroatoms. The van der Waals surface area contributed by atoms with E-state index in [1.165, 1.54) is 12.3 Å². The molecule has 0 rings (SSSR count). The van der Waals surface area contributed by atoms with Crippen molar-refractivity contribution in [3.63, 3.8) is 0 Å². The zero-order valence-corrected chi connectivity index (χ0v) is 9.20. The van der Waals surface area contributed by atoms with E-state index in [-0.39, 0.29) is 7.92 Å². The lowest BCUT2D eigenvalue weighted by molar-refractivity contribution is 0.833. The first-order valence-corrected chi connectivity index (χ1v) is 6.26. The van der Waals surface area contributed by atoms with Gasteiger partial charge in [0.2, 0.25) is 0 Å². The lowest BCUT2D eigenvalue weighted by Crippen LogP contribution is -2.04. The molecule has 0 heterocycles. The number of hydrogen-bond acceptors (Lipinski definition) is 0. The molecule has 0 aliphatic heterocycles. The summed E-state index contributed by atoms with van der Waals surface area (Å²) in [5.74, 6) is 0.712. The Balaban J connectivity index is 3.77. The summed E-state index contributed by atoms with van der Waals surface area (Å²) < 4.78 is 0. The van der Waals surface area contributed by atoms with Crippen molar-refractivity contribution in [3.05, 3.63) is 12.7 Å². The highest BCUT2D eigenvalue weighted by atomic mass is 31.1. The molecule has 11 heavy (non-hydrogen) atoms. The third kappa shape index (κ3) is 4.58. The van der Waals surface area contributed by atoms with Crippen LogP contribution in [0, 0.1) is 5.92 Å². The average Bonchev–Trinajstić information content (AvgIpc) is 1.99. The van der Waals surface area contributed by atoms with Crippen LogP contribution in [-0.4, -0.2) is 18.0 Å². The van der Waals surface area contributed by atoms with Gasteiger partial charge in [0.25, 0.3) is 0 Å². The first-order chi connectivity index (χ1) is 5.11. The van der Waals surface area contributed by atoms with E-state index in [1.807, 2.05) is 0 Å². The lowest BCUT2D eigenvalue weighted by atomic mass is 10.2. The van der Waals surface area contributed by atoms with E-state index in [4.69, 9.17) is 0 Å². The largest absolute Gasteiger partial charge is 0.104 e. The van der Waals surface area contributed by atoms with E-state index in [9.17, 15) is 0 Å². The summed E-state index contributed by atoms with van der Waals surface area (Å²) in [6.07, 6.45) is 4.81. The van der Waals surface area contributed by atoms with Crippen molar-refractivity contribution >= 4 is 7.92 Å². The van der Waals surface area contributed by atoms with Gasteiger partial charge < -0.3 is 0 Å². The Morgan fingerprint density at radius 1 is 1.36 bits per heavy atom. The molecule has 0 aromatic rings. The molecule has 2 atom stereocenters. The van der Waals surface area contributed by atoms with Gasteiger partial charge in [-0.25, -0.2) is 0 Å². The van der Waals surface area contributed by atoms with Crippen LogP contribution in [0.15, 0.2) is 12.7 Å². The molecule has 0 spiro atoms. The highest BCUT2D eigenvalue weighted by molar-refractivity contribution is 7.58. The zero-order chi connectivity index (χ0) is 8.85. The SMILES string of the molecule is C=CC(C)C[P@@](CC)C(C)C.